The summed E-state index contributed by atoms with van der Waals surface area (Å²) in [5, 5.41) is 8.81. The highest BCUT2D eigenvalue weighted by Crippen LogP contribution is 2.10. The molecular formula is C17H19N3O5S. The highest BCUT2D eigenvalue weighted by atomic mass is 32.2. The number of nitrogens with one attached hydrogen (secondary N) is 2. The van der Waals surface area contributed by atoms with Crippen LogP contribution < -0.4 is 10.6 Å². The number of thioether (sulfide) groups is 1. The quantitative estimate of drug-likeness (QED) is 0.678. The number of amides is 2. The van der Waals surface area contributed by atoms with Gasteiger partial charge in [0.2, 0.25) is 5.91 Å². The van der Waals surface area contributed by atoms with Crippen LogP contribution in [0.4, 0.5) is 11.5 Å². The van der Waals surface area contributed by atoms with Crippen LogP contribution in [0.5, 0.6) is 0 Å². The normalized spacial score (nSPS) is 10.2. The number of esters is 1. The van der Waals surface area contributed by atoms with E-state index in [0.29, 0.717) is 17.3 Å². The highest BCUT2D eigenvalue weighted by molar-refractivity contribution is 8.00. The molecule has 2 N–H and O–H groups in total. The van der Waals surface area contributed by atoms with Crippen molar-refractivity contribution >= 4 is 41.1 Å². The molecule has 0 saturated carbocycles. The molecular weight excluding hydrogens is 358 g/mol. The topological polar surface area (TPSA) is 111 Å². The zero-order valence-corrected chi connectivity index (χ0v) is 15.2. The highest BCUT2D eigenvalue weighted by Gasteiger charge is 2.11. The van der Waals surface area contributed by atoms with E-state index in [1.165, 1.54) is 0 Å². The van der Waals surface area contributed by atoms with Crippen LogP contribution in [-0.2, 0) is 19.1 Å². The van der Waals surface area contributed by atoms with E-state index in [2.05, 4.69) is 15.8 Å². The first kappa shape index (κ1) is 19.5. The average molecular weight is 377 g/mol. The molecule has 0 radical (unpaired) electrons. The zero-order chi connectivity index (χ0) is 18.9. The number of hydrogen-bond donors (Lipinski definition) is 2. The fraction of sp³-hybridized carbons (Fsp3) is 0.294. The van der Waals surface area contributed by atoms with Crippen LogP contribution in [0, 0.1) is 13.8 Å². The van der Waals surface area contributed by atoms with Crippen molar-refractivity contribution in [2.45, 2.75) is 13.8 Å². The van der Waals surface area contributed by atoms with Gasteiger partial charge in [0.1, 0.15) is 5.76 Å². The van der Waals surface area contributed by atoms with Crippen LogP contribution in [0.2, 0.25) is 0 Å². The van der Waals surface area contributed by atoms with Crippen molar-refractivity contribution in [3.8, 4) is 0 Å². The van der Waals surface area contributed by atoms with Gasteiger partial charge < -0.3 is 19.9 Å². The summed E-state index contributed by atoms with van der Waals surface area (Å²) in [6.45, 7) is 3.24. The van der Waals surface area contributed by atoms with Crippen molar-refractivity contribution in [3.05, 3.63) is 41.7 Å². The number of aryl methyl sites for hydroxylation is 2. The first-order chi connectivity index (χ1) is 12.4. The van der Waals surface area contributed by atoms with Gasteiger partial charge in [0, 0.05) is 11.8 Å². The van der Waals surface area contributed by atoms with E-state index in [4.69, 9.17) is 9.26 Å². The largest absolute Gasteiger partial charge is 0.455 e. The molecule has 0 bridgehead atoms. The molecule has 8 nitrogen and oxygen atoms in total. The lowest BCUT2D eigenvalue weighted by molar-refractivity contribution is -0.144. The zero-order valence-electron chi connectivity index (χ0n) is 14.4. The van der Waals surface area contributed by atoms with Crippen LogP contribution >= 0.6 is 11.8 Å². The Morgan fingerprint density at radius 1 is 1.12 bits per heavy atom. The van der Waals surface area contributed by atoms with E-state index < -0.39 is 11.9 Å². The fourth-order valence-electron chi connectivity index (χ4n) is 1.94. The molecule has 2 aromatic rings. The van der Waals surface area contributed by atoms with E-state index in [1.807, 2.05) is 25.1 Å². The van der Waals surface area contributed by atoms with Crippen LogP contribution in [0.25, 0.3) is 0 Å². The number of anilines is 2. The molecule has 9 heteroatoms. The third-order valence-electron chi connectivity index (χ3n) is 3.01. The molecule has 2 rings (SSSR count). The Hall–Kier alpha value is -2.81. The van der Waals surface area contributed by atoms with Gasteiger partial charge in [0.25, 0.3) is 5.91 Å². The van der Waals surface area contributed by atoms with Gasteiger partial charge in [0.15, 0.2) is 12.4 Å². The van der Waals surface area contributed by atoms with Crippen LogP contribution in [0.3, 0.4) is 0 Å². The van der Waals surface area contributed by atoms with Crippen molar-refractivity contribution in [3.63, 3.8) is 0 Å². The Balaban J connectivity index is 1.61. The first-order valence-electron chi connectivity index (χ1n) is 7.75. The summed E-state index contributed by atoms with van der Waals surface area (Å²) in [6, 6.07) is 8.87. The summed E-state index contributed by atoms with van der Waals surface area (Å²) in [5.41, 5.74) is 1.65. The Bertz CT molecular complexity index is 790. The Labute approximate surface area is 154 Å². The number of carbonyl (C=O) groups is 3. The van der Waals surface area contributed by atoms with Gasteiger partial charge >= 0.3 is 5.97 Å². The second kappa shape index (κ2) is 9.62. The number of aromatic nitrogens is 1. The smallest absolute Gasteiger partial charge is 0.316 e. The van der Waals surface area contributed by atoms with Crippen molar-refractivity contribution < 1.29 is 23.6 Å². The molecule has 0 saturated heterocycles. The molecule has 138 valence electrons. The van der Waals surface area contributed by atoms with Crippen LogP contribution in [0.1, 0.15) is 11.3 Å². The minimum atomic E-state index is -0.570. The predicted molar refractivity (Wildman–Crippen MR) is 98.0 cm³/mol. The first-order valence-corrected chi connectivity index (χ1v) is 8.91. The number of rotatable bonds is 8. The fourth-order valence-corrected chi connectivity index (χ4v) is 2.55. The van der Waals surface area contributed by atoms with Gasteiger partial charge in [-0.2, -0.15) is 0 Å². The van der Waals surface area contributed by atoms with E-state index in [1.54, 1.807) is 19.1 Å². The number of nitrogens with zero attached hydrogens (tertiary/aromatic N) is 1. The van der Waals surface area contributed by atoms with Crippen LogP contribution in [-0.4, -0.2) is 41.1 Å². The summed E-state index contributed by atoms with van der Waals surface area (Å²) in [4.78, 5) is 35.0. The van der Waals surface area contributed by atoms with E-state index in [9.17, 15) is 14.4 Å². The molecule has 0 aliphatic rings. The minimum absolute atomic E-state index is 0.0387. The number of hydrogen-bond acceptors (Lipinski definition) is 7. The maximum atomic E-state index is 11.7. The van der Waals surface area contributed by atoms with Gasteiger partial charge in [-0.25, -0.2) is 0 Å². The lowest BCUT2D eigenvalue weighted by Crippen LogP contribution is -2.22. The van der Waals surface area contributed by atoms with E-state index in [0.717, 1.165) is 17.3 Å². The molecule has 2 amide bonds. The Morgan fingerprint density at radius 2 is 1.92 bits per heavy atom. The lowest BCUT2D eigenvalue weighted by Gasteiger charge is -2.07. The molecule has 0 aliphatic carbocycles. The maximum Gasteiger partial charge on any atom is 0.316 e. The van der Waals surface area contributed by atoms with Gasteiger partial charge in [0.05, 0.1) is 11.5 Å². The third-order valence-corrected chi connectivity index (χ3v) is 3.92. The van der Waals surface area contributed by atoms with Crippen molar-refractivity contribution in [2.24, 2.45) is 0 Å². The summed E-state index contributed by atoms with van der Waals surface area (Å²) >= 11 is 1.08. The molecule has 0 fully saturated rings. The van der Waals surface area contributed by atoms with Gasteiger partial charge in [-0.15, -0.1) is 11.8 Å². The van der Waals surface area contributed by atoms with Crippen LogP contribution in [0.15, 0.2) is 34.9 Å². The van der Waals surface area contributed by atoms with Gasteiger partial charge in [-0.3, -0.25) is 14.4 Å². The average Bonchev–Trinajstić information content (AvgIpc) is 2.98. The van der Waals surface area contributed by atoms with Crippen molar-refractivity contribution in [1.29, 1.82) is 0 Å². The number of benzene rings is 1. The molecule has 0 aliphatic heterocycles. The lowest BCUT2D eigenvalue weighted by atomic mass is 10.2. The molecule has 0 spiro atoms. The Morgan fingerprint density at radius 3 is 2.62 bits per heavy atom. The van der Waals surface area contributed by atoms with Gasteiger partial charge in [-0.05, 0) is 31.5 Å². The summed E-state index contributed by atoms with van der Waals surface area (Å²) in [7, 11) is 0. The maximum absolute atomic E-state index is 11.7. The number of carbonyl (C=O) groups excluding carboxylic acids is 3. The summed E-state index contributed by atoms with van der Waals surface area (Å²) in [5.74, 6) is -0.385. The SMILES string of the molecule is Cc1cccc(NC(=O)COC(=O)CSCC(=O)Nc2cc(C)on2)c1. The number of ether oxygens (including phenoxy) is 1. The minimum Gasteiger partial charge on any atom is -0.455 e. The van der Waals surface area contributed by atoms with Crippen molar-refractivity contribution in [2.75, 3.05) is 28.7 Å². The third kappa shape index (κ3) is 6.98. The molecule has 0 atom stereocenters. The monoisotopic (exact) mass is 377 g/mol. The summed E-state index contributed by atoms with van der Waals surface area (Å²) < 4.78 is 9.71. The van der Waals surface area contributed by atoms with E-state index in [-0.39, 0.29) is 24.0 Å². The molecule has 26 heavy (non-hydrogen) atoms. The molecule has 1 aromatic carbocycles. The second-order valence-electron chi connectivity index (χ2n) is 5.44. The second-order valence-corrected chi connectivity index (χ2v) is 6.43. The molecule has 1 heterocycles. The Kier molecular flexibility index (Phi) is 7.22. The van der Waals surface area contributed by atoms with Gasteiger partial charge in [-0.1, -0.05) is 17.3 Å². The molecule has 1 aromatic heterocycles. The summed E-state index contributed by atoms with van der Waals surface area (Å²) in [6.07, 6.45) is 0. The standard InChI is InChI=1S/C17H19N3O5S/c1-11-4-3-5-13(6-11)18-15(21)8-24-17(23)10-26-9-16(22)19-14-7-12(2)25-20-14/h3-7H,8-10H2,1-2H3,(H,18,21)(H,19,20,22). The predicted octanol–water partition coefficient (Wildman–Crippen LogP) is 2.15. The van der Waals surface area contributed by atoms with Crippen molar-refractivity contribution in [1.82, 2.24) is 5.16 Å². The molecule has 0 unspecified atom stereocenters. The van der Waals surface area contributed by atoms with E-state index >= 15 is 0 Å².